The first-order valence-electron chi connectivity index (χ1n) is 5.94. The monoisotopic (exact) mass is 199 g/mol. The molecule has 0 bridgehead atoms. The SMILES string of the molecule is CC1CCCCC(C)C1N(C)C(C)O. The minimum Gasteiger partial charge on any atom is -0.379 e. The van der Waals surface area contributed by atoms with Crippen molar-refractivity contribution < 1.29 is 5.11 Å². The molecule has 14 heavy (non-hydrogen) atoms. The molecule has 3 unspecified atom stereocenters. The lowest BCUT2D eigenvalue weighted by Crippen LogP contribution is -2.45. The maximum Gasteiger partial charge on any atom is 0.104 e. The molecular formula is C12H25NO. The van der Waals surface area contributed by atoms with E-state index in [0.29, 0.717) is 17.9 Å². The first kappa shape index (κ1) is 12.0. The quantitative estimate of drug-likeness (QED) is 0.545. The molecule has 0 amide bonds. The lowest BCUT2D eigenvalue weighted by atomic mass is 9.88. The third-order valence-electron chi connectivity index (χ3n) is 3.79. The van der Waals surface area contributed by atoms with Gasteiger partial charge >= 0.3 is 0 Å². The second-order valence-corrected chi connectivity index (χ2v) is 5.03. The van der Waals surface area contributed by atoms with E-state index >= 15 is 0 Å². The normalized spacial score (nSPS) is 36.9. The summed E-state index contributed by atoms with van der Waals surface area (Å²) >= 11 is 0. The van der Waals surface area contributed by atoms with E-state index in [1.807, 2.05) is 14.0 Å². The van der Waals surface area contributed by atoms with Gasteiger partial charge in [-0.15, -0.1) is 0 Å². The van der Waals surface area contributed by atoms with E-state index in [-0.39, 0.29) is 6.23 Å². The van der Waals surface area contributed by atoms with Gasteiger partial charge in [-0.2, -0.15) is 0 Å². The fourth-order valence-corrected chi connectivity index (χ4v) is 2.89. The van der Waals surface area contributed by atoms with Gasteiger partial charge in [0.15, 0.2) is 0 Å². The molecule has 3 atom stereocenters. The Morgan fingerprint density at radius 3 is 1.93 bits per heavy atom. The number of nitrogens with zero attached hydrogens (tertiary/aromatic N) is 1. The highest BCUT2D eigenvalue weighted by molar-refractivity contribution is 4.83. The van der Waals surface area contributed by atoms with Crippen molar-refractivity contribution in [3.8, 4) is 0 Å². The van der Waals surface area contributed by atoms with Crippen LogP contribution in [0.3, 0.4) is 0 Å². The van der Waals surface area contributed by atoms with E-state index in [1.165, 1.54) is 25.7 Å². The van der Waals surface area contributed by atoms with Gasteiger partial charge in [0.25, 0.3) is 0 Å². The Morgan fingerprint density at radius 1 is 1.14 bits per heavy atom. The maximum absolute atomic E-state index is 9.63. The average molecular weight is 199 g/mol. The molecule has 2 heteroatoms. The average Bonchev–Trinajstić information content (AvgIpc) is 2.26. The number of rotatable bonds is 2. The van der Waals surface area contributed by atoms with Gasteiger partial charge in [-0.05, 0) is 38.6 Å². The predicted molar refractivity (Wildman–Crippen MR) is 60.0 cm³/mol. The smallest absolute Gasteiger partial charge is 0.104 e. The minimum absolute atomic E-state index is 0.317. The van der Waals surface area contributed by atoms with E-state index in [9.17, 15) is 5.11 Å². The van der Waals surface area contributed by atoms with Crippen LogP contribution in [-0.2, 0) is 0 Å². The first-order chi connectivity index (χ1) is 6.54. The Morgan fingerprint density at radius 2 is 1.57 bits per heavy atom. The van der Waals surface area contributed by atoms with Crippen LogP contribution in [0.15, 0.2) is 0 Å². The summed E-state index contributed by atoms with van der Waals surface area (Å²) in [5.41, 5.74) is 0. The zero-order valence-corrected chi connectivity index (χ0v) is 10.0. The molecule has 1 N–H and O–H groups in total. The standard InChI is InChI=1S/C12H25NO/c1-9-7-5-6-8-10(2)12(9)13(4)11(3)14/h9-12,14H,5-8H2,1-4H3. The van der Waals surface area contributed by atoms with Crippen molar-refractivity contribution >= 4 is 0 Å². The molecule has 2 nitrogen and oxygen atoms in total. The molecule has 0 aromatic carbocycles. The van der Waals surface area contributed by atoms with E-state index in [0.717, 1.165) is 0 Å². The summed E-state index contributed by atoms with van der Waals surface area (Å²) < 4.78 is 0. The Kier molecular flexibility index (Phi) is 4.39. The molecule has 1 fully saturated rings. The van der Waals surface area contributed by atoms with Crippen LogP contribution >= 0.6 is 0 Å². The molecule has 0 aromatic heterocycles. The van der Waals surface area contributed by atoms with Gasteiger partial charge < -0.3 is 5.11 Å². The first-order valence-corrected chi connectivity index (χ1v) is 5.94. The van der Waals surface area contributed by atoms with E-state index in [1.54, 1.807) is 0 Å². The Labute approximate surface area is 88.3 Å². The fraction of sp³-hybridized carbons (Fsp3) is 1.00. The van der Waals surface area contributed by atoms with Crippen LogP contribution < -0.4 is 0 Å². The van der Waals surface area contributed by atoms with Crippen LogP contribution in [0.2, 0.25) is 0 Å². The number of aliphatic hydroxyl groups excluding tert-OH is 1. The van der Waals surface area contributed by atoms with Crippen LogP contribution in [0.25, 0.3) is 0 Å². The zero-order valence-electron chi connectivity index (χ0n) is 10.0. The number of hydrogen-bond donors (Lipinski definition) is 1. The summed E-state index contributed by atoms with van der Waals surface area (Å²) in [6, 6.07) is 0.553. The van der Waals surface area contributed by atoms with Crippen molar-refractivity contribution in [3.05, 3.63) is 0 Å². The van der Waals surface area contributed by atoms with Crippen molar-refractivity contribution in [1.82, 2.24) is 4.90 Å². The summed E-state index contributed by atoms with van der Waals surface area (Å²) in [5, 5.41) is 9.63. The lowest BCUT2D eigenvalue weighted by molar-refractivity contribution is -0.0239. The van der Waals surface area contributed by atoms with Gasteiger partial charge in [-0.1, -0.05) is 26.7 Å². The van der Waals surface area contributed by atoms with Crippen molar-refractivity contribution in [2.24, 2.45) is 11.8 Å². The molecule has 0 spiro atoms. The summed E-state index contributed by atoms with van der Waals surface area (Å²) in [6.07, 6.45) is 5.02. The maximum atomic E-state index is 9.63. The largest absolute Gasteiger partial charge is 0.379 e. The summed E-state index contributed by atoms with van der Waals surface area (Å²) in [5.74, 6) is 1.43. The van der Waals surface area contributed by atoms with Crippen molar-refractivity contribution in [2.75, 3.05) is 7.05 Å². The van der Waals surface area contributed by atoms with Crippen molar-refractivity contribution in [3.63, 3.8) is 0 Å². The van der Waals surface area contributed by atoms with Gasteiger partial charge in [-0.3, -0.25) is 4.90 Å². The lowest BCUT2D eigenvalue weighted by Gasteiger charge is -2.37. The van der Waals surface area contributed by atoms with Crippen LogP contribution in [0.5, 0.6) is 0 Å². The second kappa shape index (κ2) is 5.13. The predicted octanol–water partition coefficient (Wildman–Crippen LogP) is 2.47. The van der Waals surface area contributed by atoms with Gasteiger partial charge in [0.1, 0.15) is 6.23 Å². The van der Waals surface area contributed by atoms with Crippen LogP contribution in [0.1, 0.15) is 46.5 Å². The molecule has 0 aromatic rings. The summed E-state index contributed by atoms with van der Waals surface area (Å²) in [6.45, 7) is 6.51. The van der Waals surface area contributed by atoms with E-state index in [2.05, 4.69) is 18.7 Å². The molecule has 1 aliphatic carbocycles. The molecule has 0 aliphatic heterocycles. The molecular weight excluding hydrogens is 174 g/mol. The third-order valence-corrected chi connectivity index (χ3v) is 3.79. The van der Waals surface area contributed by atoms with E-state index < -0.39 is 0 Å². The molecule has 0 heterocycles. The molecule has 84 valence electrons. The molecule has 0 saturated heterocycles. The van der Waals surface area contributed by atoms with Crippen LogP contribution in [0.4, 0.5) is 0 Å². The second-order valence-electron chi connectivity index (χ2n) is 5.03. The highest BCUT2D eigenvalue weighted by Gasteiger charge is 2.30. The zero-order chi connectivity index (χ0) is 10.7. The molecule has 1 rings (SSSR count). The van der Waals surface area contributed by atoms with Crippen LogP contribution in [0, 0.1) is 11.8 Å². The van der Waals surface area contributed by atoms with Gasteiger partial charge in [0, 0.05) is 6.04 Å². The van der Waals surface area contributed by atoms with Crippen molar-refractivity contribution in [1.29, 1.82) is 0 Å². The minimum atomic E-state index is -0.317. The Balaban J connectivity index is 2.68. The molecule has 1 aliphatic rings. The third kappa shape index (κ3) is 2.71. The Hall–Kier alpha value is -0.0800. The van der Waals surface area contributed by atoms with Crippen molar-refractivity contribution in [2.45, 2.75) is 58.7 Å². The van der Waals surface area contributed by atoms with Crippen LogP contribution in [-0.4, -0.2) is 29.3 Å². The Bertz CT molecular complexity index is 158. The highest BCUT2D eigenvalue weighted by atomic mass is 16.3. The fourth-order valence-electron chi connectivity index (χ4n) is 2.89. The topological polar surface area (TPSA) is 23.5 Å². The molecule has 1 saturated carbocycles. The van der Waals surface area contributed by atoms with Gasteiger partial charge in [0.2, 0.25) is 0 Å². The number of hydrogen-bond acceptors (Lipinski definition) is 2. The molecule has 0 radical (unpaired) electrons. The van der Waals surface area contributed by atoms with E-state index in [4.69, 9.17) is 0 Å². The van der Waals surface area contributed by atoms with Gasteiger partial charge in [-0.25, -0.2) is 0 Å². The number of aliphatic hydroxyl groups is 1. The summed E-state index contributed by atoms with van der Waals surface area (Å²) in [7, 11) is 2.05. The highest BCUT2D eigenvalue weighted by Crippen LogP contribution is 2.31. The summed E-state index contributed by atoms with van der Waals surface area (Å²) in [4.78, 5) is 2.14. The van der Waals surface area contributed by atoms with Gasteiger partial charge in [0.05, 0.1) is 0 Å².